The van der Waals surface area contributed by atoms with Gasteiger partial charge in [0.15, 0.2) is 0 Å². The van der Waals surface area contributed by atoms with Gasteiger partial charge in [0.2, 0.25) is 0 Å². The molecule has 0 spiro atoms. The Bertz CT molecular complexity index is 476. The van der Waals surface area contributed by atoms with Gasteiger partial charge in [-0.3, -0.25) is 0 Å². The van der Waals surface area contributed by atoms with Crippen molar-refractivity contribution in [3.63, 3.8) is 0 Å². The van der Waals surface area contributed by atoms with E-state index in [1.54, 1.807) is 6.07 Å². The van der Waals surface area contributed by atoms with Crippen molar-refractivity contribution in [1.29, 1.82) is 0 Å². The van der Waals surface area contributed by atoms with Gasteiger partial charge in [-0.05, 0) is 44.5 Å². The van der Waals surface area contributed by atoms with Gasteiger partial charge in [-0.1, -0.05) is 6.92 Å². The second-order valence-corrected chi connectivity index (χ2v) is 5.25. The van der Waals surface area contributed by atoms with Crippen LogP contribution < -0.4 is 5.32 Å². The van der Waals surface area contributed by atoms with E-state index in [1.165, 1.54) is 20.1 Å². The number of rotatable bonds is 5. The van der Waals surface area contributed by atoms with E-state index < -0.39 is 0 Å². The summed E-state index contributed by atoms with van der Waals surface area (Å²) in [5, 5.41) is 3.37. The van der Waals surface area contributed by atoms with E-state index >= 15 is 0 Å². The number of ether oxygens (including phenoxy) is 1. The average molecular weight is 277 g/mol. The topological polar surface area (TPSA) is 54.5 Å². The molecule has 0 aromatic carbocycles. The molecule has 0 aliphatic carbocycles. The molecule has 5 heteroatoms. The third-order valence-corrected chi connectivity index (χ3v) is 3.88. The molecule has 0 amide bonds. The summed E-state index contributed by atoms with van der Waals surface area (Å²) in [7, 11) is 1.38. The molecule has 1 atom stereocenters. The SMILES string of the molecule is CCN1CCC(CNc2ccc(C(=O)OC)c(C)n2)C1. The number of aryl methyl sites for hydroxylation is 1. The third kappa shape index (κ3) is 3.48. The first-order chi connectivity index (χ1) is 9.63. The van der Waals surface area contributed by atoms with Gasteiger partial charge >= 0.3 is 5.97 Å². The number of aromatic nitrogens is 1. The van der Waals surface area contributed by atoms with E-state index in [0.717, 1.165) is 25.5 Å². The second kappa shape index (κ2) is 6.70. The number of methoxy groups -OCH3 is 1. The Morgan fingerprint density at radius 3 is 2.95 bits per heavy atom. The summed E-state index contributed by atoms with van der Waals surface area (Å²) in [6.07, 6.45) is 1.24. The molecule has 1 aliphatic heterocycles. The number of nitrogens with one attached hydrogen (secondary N) is 1. The molecule has 1 fully saturated rings. The summed E-state index contributed by atoms with van der Waals surface area (Å²) in [6, 6.07) is 3.61. The summed E-state index contributed by atoms with van der Waals surface area (Å²) >= 11 is 0. The first kappa shape index (κ1) is 14.8. The molecule has 0 bridgehead atoms. The highest BCUT2D eigenvalue weighted by Crippen LogP contribution is 2.17. The minimum atomic E-state index is -0.337. The molecule has 1 saturated heterocycles. The molecule has 20 heavy (non-hydrogen) atoms. The fourth-order valence-electron chi connectivity index (χ4n) is 2.60. The Morgan fingerprint density at radius 1 is 1.55 bits per heavy atom. The van der Waals surface area contributed by atoms with Crippen LogP contribution in [0.5, 0.6) is 0 Å². The molecular weight excluding hydrogens is 254 g/mol. The van der Waals surface area contributed by atoms with Gasteiger partial charge in [0, 0.05) is 13.1 Å². The van der Waals surface area contributed by atoms with Crippen molar-refractivity contribution in [3.8, 4) is 0 Å². The van der Waals surface area contributed by atoms with Gasteiger partial charge in [-0.2, -0.15) is 0 Å². The Hall–Kier alpha value is -1.62. The summed E-state index contributed by atoms with van der Waals surface area (Å²) in [5.41, 5.74) is 1.22. The molecule has 0 radical (unpaired) electrons. The Kier molecular flexibility index (Phi) is 4.95. The van der Waals surface area contributed by atoms with Crippen LogP contribution in [-0.4, -0.2) is 49.1 Å². The van der Waals surface area contributed by atoms with Crippen LogP contribution in [0.2, 0.25) is 0 Å². The van der Waals surface area contributed by atoms with Gasteiger partial charge in [-0.15, -0.1) is 0 Å². The summed E-state index contributed by atoms with van der Waals surface area (Å²) in [4.78, 5) is 18.4. The highest BCUT2D eigenvalue weighted by atomic mass is 16.5. The molecule has 5 nitrogen and oxygen atoms in total. The smallest absolute Gasteiger partial charge is 0.339 e. The van der Waals surface area contributed by atoms with E-state index in [4.69, 9.17) is 4.74 Å². The lowest BCUT2D eigenvalue weighted by molar-refractivity contribution is 0.0599. The van der Waals surface area contributed by atoms with Crippen LogP contribution in [0, 0.1) is 12.8 Å². The fourth-order valence-corrected chi connectivity index (χ4v) is 2.60. The molecule has 1 aromatic rings. The number of hydrogen-bond acceptors (Lipinski definition) is 5. The number of anilines is 1. The van der Waals surface area contributed by atoms with Gasteiger partial charge in [-0.25, -0.2) is 9.78 Å². The molecule has 1 unspecified atom stereocenters. The maximum Gasteiger partial charge on any atom is 0.339 e. The lowest BCUT2D eigenvalue weighted by atomic mass is 10.1. The first-order valence-corrected chi connectivity index (χ1v) is 7.16. The number of carbonyl (C=O) groups is 1. The van der Waals surface area contributed by atoms with Gasteiger partial charge in [0.1, 0.15) is 5.82 Å². The largest absolute Gasteiger partial charge is 0.465 e. The van der Waals surface area contributed by atoms with Crippen molar-refractivity contribution in [3.05, 3.63) is 23.4 Å². The van der Waals surface area contributed by atoms with Crippen LogP contribution in [0.15, 0.2) is 12.1 Å². The van der Waals surface area contributed by atoms with E-state index in [1.807, 2.05) is 13.0 Å². The van der Waals surface area contributed by atoms with Gasteiger partial charge in [0.05, 0.1) is 18.4 Å². The zero-order valence-electron chi connectivity index (χ0n) is 12.5. The van der Waals surface area contributed by atoms with Crippen LogP contribution in [-0.2, 0) is 4.74 Å². The maximum atomic E-state index is 11.5. The van der Waals surface area contributed by atoms with Crippen molar-refractivity contribution >= 4 is 11.8 Å². The van der Waals surface area contributed by atoms with Gasteiger partial charge in [0.25, 0.3) is 0 Å². The van der Waals surface area contributed by atoms with Gasteiger partial charge < -0.3 is 15.0 Å². The molecule has 2 heterocycles. The average Bonchev–Trinajstić information content (AvgIpc) is 2.92. The van der Waals surface area contributed by atoms with E-state index in [-0.39, 0.29) is 5.97 Å². The molecular formula is C15H23N3O2. The Labute approximate surface area is 120 Å². The van der Waals surface area contributed by atoms with Crippen molar-refractivity contribution in [1.82, 2.24) is 9.88 Å². The predicted molar refractivity (Wildman–Crippen MR) is 79.0 cm³/mol. The summed E-state index contributed by atoms with van der Waals surface area (Å²) in [6.45, 7) is 8.43. The van der Waals surface area contributed by atoms with E-state index in [0.29, 0.717) is 17.2 Å². The quantitative estimate of drug-likeness (QED) is 0.833. The number of pyridine rings is 1. The Morgan fingerprint density at radius 2 is 2.35 bits per heavy atom. The van der Waals surface area contributed by atoms with E-state index in [9.17, 15) is 4.79 Å². The van der Waals surface area contributed by atoms with Crippen LogP contribution in [0.4, 0.5) is 5.82 Å². The standard InChI is InChI=1S/C15H23N3O2/c1-4-18-8-7-12(10-18)9-16-14-6-5-13(11(2)17-14)15(19)20-3/h5-6,12H,4,7-10H2,1-3H3,(H,16,17). The molecule has 1 N–H and O–H groups in total. The third-order valence-electron chi connectivity index (χ3n) is 3.88. The molecule has 1 aliphatic rings. The molecule has 0 saturated carbocycles. The van der Waals surface area contributed by atoms with Crippen LogP contribution in [0.25, 0.3) is 0 Å². The highest BCUT2D eigenvalue weighted by Gasteiger charge is 2.20. The van der Waals surface area contributed by atoms with Crippen LogP contribution in [0.3, 0.4) is 0 Å². The normalized spacial score (nSPS) is 19.1. The van der Waals surface area contributed by atoms with Crippen molar-refractivity contribution in [2.24, 2.45) is 5.92 Å². The summed E-state index contributed by atoms with van der Waals surface area (Å²) in [5.74, 6) is 1.17. The highest BCUT2D eigenvalue weighted by molar-refractivity contribution is 5.90. The number of nitrogens with zero attached hydrogens (tertiary/aromatic N) is 2. The molecule has 1 aromatic heterocycles. The fraction of sp³-hybridized carbons (Fsp3) is 0.600. The number of carbonyl (C=O) groups excluding carboxylic acids is 1. The van der Waals surface area contributed by atoms with Crippen LogP contribution in [0.1, 0.15) is 29.4 Å². The van der Waals surface area contributed by atoms with Crippen LogP contribution >= 0.6 is 0 Å². The second-order valence-electron chi connectivity index (χ2n) is 5.25. The molecule has 110 valence electrons. The number of hydrogen-bond donors (Lipinski definition) is 1. The monoisotopic (exact) mass is 277 g/mol. The minimum absolute atomic E-state index is 0.337. The minimum Gasteiger partial charge on any atom is -0.465 e. The van der Waals surface area contributed by atoms with E-state index in [2.05, 4.69) is 22.1 Å². The number of esters is 1. The lowest BCUT2D eigenvalue weighted by Crippen LogP contribution is -2.22. The van der Waals surface area contributed by atoms with Crippen molar-refractivity contribution in [2.75, 3.05) is 38.6 Å². The summed E-state index contributed by atoms with van der Waals surface area (Å²) < 4.78 is 4.72. The molecule has 2 rings (SSSR count). The maximum absolute atomic E-state index is 11.5. The zero-order valence-corrected chi connectivity index (χ0v) is 12.5. The first-order valence-electron chi connectivity index (χ1n) is 7.16. The predicted octanol–water partition coefficient (Wildman–Crippen LogP) is 1.93. The lowest BCUT2D eigenvalue weighted by Gasteiger charge is -2.14. The number of likely N-dealkylation sites (tertiary alicyclic amines) is 1. The van der Waals surface area contributed by atoms with Crippen molar-refractivity contribution in [2.45, 2.75) is 20.3 Å². The van der Waals surface area contributed by atoms with Crippen molar-refractivity contribution < 1.29 is 9.53 Å². The zero-order chi connectivity index (χ0) is 14.5. The Balaban J connectivity index is 1.91.